The highest BCUT2D eigenvalue weighted by Crippen LogP contribution is 2.66. The zero-order valence-corrected chi connectivity index (χ0v) is 35.5. The maximum atomic E-state index is 2.58. The summed E-state index contributed by atoms with van der Waals surface area (Å²) in [5, 5.41) is 2.61. The molecule has 296 valence electrons. The topological polar surface area (TPSA) is 3.24 Å². The Balaban J connectivity index is 1.04. The maximum absolute atomic E-state index is 2.58. The molecule has 1 nitrogen and oxygen atoms in total. The SMILES string of the molecule is c1ccc2c(c1)-c1ccccc1C21c2ccccc2-c2ccc(N(c3ccc4c(c3)sc3ccccc34)c3cccc4c3-c3ccccc3C43c4ccccc4-c4ccccc43)cc21. The minimum atomic E-state index is -0.456. The van der Waals surface area contributed by atoms with Gasteiger partial charge in [-0.3, -0.25) is 0 Å². The number of benzene rings is 10. The summed E-state index contributed by atoms with van der Waals surface area (Å²) in [5.74, 6) is 0. The molecule has 4 aliphatic rings. The molecule has 0 aliphatic heterocycles. The van der Waals surface area contributed by atoms with Gasteiger partial charge in [0.25, 0.3) is 0 Å². The van der Waals surface area contributed by atoms with E-state index in [1.54, 1.807) is 0 Å². The van der Waals surface area contributed by atoms with Crippen LogP contribution in [0.5, 0.6) is 0 Å². The second kappa shape index (κ2) is 12.4. The van der Waals surface area contributed by atoms with Gasteiger partial charge in [0.1, 0.15) is 0 Å². The molecule has 1 heterocycles. The fraction of sp³-hybridized carbons (Fsp3) is 0.0323. The number of anilines is 3. The van der Waals surface area contributed by atoms with Crippen molar-refractivity contribution >= 4 is 48.6 Å². The second-order valence-electron chi connectivity index (χ2n) is 17.8. The number of fused-ring (bicyclic) bond motifs is 23. The van der Waals surface area contributed by atoms with E-state index >= 15 is 0 Å². The van der Waals surface area contributed by atoms with E-state index in [1.165, 1.54) is 115 Å². The lowest BCUT2D eigenvalue weighted by Gasteiger charge is -2.33. The average molecular weight is 828 g/mol. The number of thiophene rings is 1. The second-order valence-corrected chi connectivity index (χ2v) is 18.9. The summed E-state index contributed by atoms with van der Waals surface area (Å²) >= 11 is 1.88. The summed E-state index contributed by atoms with van der Waals surface area (Å²) in [6.45, 7) is 0. The maximum Gasteiger partial charge on any atom is 0.0726 e. The number of nitrogens with zero attached hydrogens (tertiary/aromatic N) is 1. The molecule has 2 spiro atoms. The molecule has 0 N–H and O–H groups in total. The Labute approximate surface area is 375 Å². The van der Waals surface area contributed by atoms with Crippen LogP contribution in [0.25, 0.3) is 64.7 Å². The highest BCUT2D eigenvalue weighted by Gasteiger charge is 2.54. The van der Waals surface area contributed by atoms with Crippen molar-refractivity contribution in [3.63, 3.8) is 0 Å². The third-order valence-corrected chi connectivity index (χ3v) is 16.2. The lowest BCUT2D eigenvalue weighted by molar-refractivity contribution is 0.793. The van der Waals surface area contributed by atoms with Crippen molar-refractivity contribution in [3.8, 4) is 44.5 Å². The average Bonchev–Trinajstić information content (AvgIpc) is 4.13. The Morgan fingerprint density at radius 1 is 0.281 bits per heavy atom. The number of hydrogen-bond donors (Lipinski definition) is 0. The van der Waals surface area contributed by atoms with Gasteiger partial charge in [-0.15, -0.1) is 11.3 Å². The van der Waals surface area contributed by atoms with Crippen LogP contribution in [0.4, 0.5) is 17.1 Å². The van der Waals surface area contributed by atoms with Crippen LogP contribution in [0.15, 0.2) is 224 Å². The summed E-state index contributed by atoms with van der Waals surface area (Å²) in [7, 11) is 0. The largest absolute Gasteiger partial charge is 0.310 e. The van der Waals surface area contributed by atoms with E-state index in [0.717, 1.165) is 11.4 Å². The molecule has 10 aromatic carbocycles. The Kier molecular flexibility index (Phi) is 6.76. The van der Waals surface area contributed by atoms with Crippen molar-refractivity contribution in [2.75, 3.05) is 4.90 Å². The van der Waals surface area contributed by atoms with Gasteiger partial charge in [-0.25, -0.2) is 0 Å². The van der Waals surface area contributed by atoms with E-state index in [1.807, 2.05) is 11.3 Å². The lowest BCUT2D eigenvalue weighted by Crippen LogP contribution is -2.26. The van der Waals surface area contributed by atoms with Crippen molar-refractivity contribution < 1.29 is 0 Å². The van der Waals surface area contributed by atoms with E-state index in [2.05, 4.69) is 229 Å². The number of rotatable bonds is 3. The molecular formula is C62H37NS. The third kappa shape index (κ3) is 4.11. The summed E-state index contributed by atoms with van der Waals surface area (Å²) in [6.07, 6.45) is 0. The molecule has 0 unspecified atom stereocenters. The highest BCUT2D eigenvalue weighted by molar-refractivity contribution is 7.25. The fourth-order valence-electron chi connectivity index (χ4n) is 12.8. The first-order chi connectivity index (χ1) is 31.8. The highest BCUT2D eigenvalue weighted by atomic mass is 32.1. The minimum Gasteiger partial charge on any atom is -0.310 e. The minimum absolute atomic E-state index is 0.447. The van der Waals surface area contributed by atoms with Crippen molar-refractivity contribution in [2.45, 2.75) is 10.8 Å². The Bertz CT molecular complexity index is 3720. The molecule has 4 aliphatic carbocycles. The molecule has 0 fully saturated rings. The monoisotopic (exact) mass is 827 g/mol. The van der Waals surface area contributed by atoms with Gasteiger partial charge in [-0.05, 0) is 120 Å². The quantitative estimate of drug-likeness (QED) is 0.171. The molecule has 0 amide bonds. The van der Waals surface area contributed by atoms with Gasteiger partial charge in [-0.1, -0.05) is 188 Å². The summed E-state index contributed by atoms with van der Waals surface area (Å²) < 4.78 is 2.60. The van der Waals surface area contributed by atoms with E-state index in [0.29, 0.717) is 0 Å². The standard InChI is InChI=1S/C62H37NS/c1-8-23-49-40(16-1)41-17-2-9-24-50(41)61(49)54-28-13-6-22-48(54)60-55(61)29-15-30-57(60)63(39-33-35-47-46-21-7-14-31-58(46)64-59(47)37-39)38-32-34-45-44-20-5-12-27-53(44)62(56(45)36-38)51-25-10-3-18-42(51)43-19-4-11-26-52(43)62/h1-37H. The molecule has 1 aromatic heterocycles. The molecule has 11 aromatic rings. The van der Waals surface area contributed by atoms with Gasteiger partial charge in [-0.2, -0.15) is 0 Å². The van der Waals surface area contributed by atoms with Gasteiger partial charge in [0, 0.05) is 37.1 Å². The third-order valence-electron chi connectivity index (χ3n) is 15.1. The lowest BCUT2D eigenvalue weighted by atomic mass is 9.70. The Morgan fingerprint density at radius 3 is 1.27 bits per heavy atom. The fourth-order valence-corrected chi connectivity index (χ4v) is 14.0. The molecular weight excluding hydrogens is 791 g/mol. The van der Waals surface area contributed by atoms with Crippen LogP contribution in [0.3, 0.4) is 0 Å². The van der Waals surface area contributed by atoms with Crippen molar-refractivity contribution in [1.29, 1.82) is 0 Å². The van der Waals surface area contributed by atoms with Gasteiger partial charge < -0.3 is 4.90 Å². The zero-order valence-electron chi connectivity index (χ0n) is 34.7. The van der Waals surface area contributed by atoms with Crippen LogP contribution in [-0.2, 0) is 10.8 Å². The van der Waals surface area contributed by atoms with Gasteiger partial charge in [0.2, 0.25) is 0 Å². The van der Waals surface area contributed by atoms with Crippen LogP contribution >= 0.6 is 11.3 Å². The molecule has 0 saturated carbocycles. The molecule has 2 heteroatoms. The Morgan fingerprint density at radius 2 is 0.688 bits per heavy atom. The van der Waals surface area contributed by atoms with Crippen LogP contribution in [0.2, 0.25) is 0 Å². The van der Waals surface area contributed by atoms with E-state index in [4.69, 9.17) is 0 Å². The van der Waals surface area contributed by atoms with E-state index < -0.39 is 10.8 Å². The summed E-state index contributed by atoms with van der Waals surface area (Å²) in [5.41, 5.74) is 23.8. The van der Waals surface area contributed by atoms with E-state index in [-0.39, 0.29) is 0 Å². The summed E-state index contributed by atoms with van der Waals surface area (Å²) in [6, 6.07) is 85.2. The molecule has 0 atom stereocenters. The first-order valence-electron chi connectivity index (χ1n) is 22.3. The van der Waals surface area contributed by atoms with Gasteiger partial charge >= 0.3 is 0 Å². The van der Waals surface area contributed by atoms with Crippen LogP contribution in [0.1, 0.15) is 44.5 Å². The molecule has 15 rings (SSSR count). The van der Waals surface area contributed by atoms with Crippen LogP contribution < -0.4 is 4.90 Å². The van der Waals surface area contributed by atoms with Crippen molar-refractivity contribution in [2.24, 2.45) is 0 Å². The molecule has 0 saturated heterocycles. The first kappa shape index (κ1) is 34.8. The predicted molar refractivity (Wildman–Crippen MR) is 267 cm³/mol. The van der Waals surface area contributed by atoms with Crippen molar-refractivity contribution in [1.82, 2.24) is 0 Å². The van der Waals surface area contributed by atoms with Gasteiger partial charge in [0.15, 0.2) is 0 Å². The summed E-state index contributed by atoms with van der Waals surface area (Å²) in [4.78, 5) is 2.58. The molecule has 64 heavy (non-hydrogen) atoms. The number of hydrogen-bond acceptors (Lipinski definition) is 2. The molecule has 0 bridgehead atoms. The normalized spacial score (nSPS) is 14.5. The first-order valence-corrected chi connectivity index (χ1v) is 23.2. The van der Waals surface area contributed by atoms with Crippen molar-refractivity contribution in [3.05, 3.63) is 269 Å². The Hall–Kier alpha value is -7.78. The molecule has 0 radical (unpaired) electrons. The predicted octanol–water partition coefficient (Wildman–Crippen LogP) is 16.2. The van der Waals surface area contributed by atoms with Gasteiger partial charge in [0.05, 0.1) is 16.5 Å². The zero-order chi connectivity index (χ0) is 41.7. The van der Waals surface area contributed by atoms with Crippen LogP contribution in [-0.4, -0.2) is 0 Å². The smallest absolute Gasteiger partial charge is 0.0726 e. The van der Waals surface area contributed by atoms with E-state index in [9.17, 15) is 0 Å². The van der Waals surface area contributed by atoms with Crippen LogP contribution in [0, 0.1) is 0 Å².